The van der Waals surface area contributed by atoms with Gasteiger partial charge in [-0.05, 0) is 55.0 Å². The third-order valence-corrected chi connectivity index (χ3v) is 8.12. The Morgan fingerprint density at radius 1 is 1.14 bits per heavy atom. The van der Waals surface area contributed by atoms with Crippen molar-refractivity contribution in [3.63, 3.8) is 0 Å². The summed E-state index contributed by atoms with van der Waals surface area (Å²) in [6.07, 6.45) is 4.39. The van der Waals surface area contributed by atoms with Gasteiger partial charge in [-0.1, -0.05) is 60.8 Å². The first-order chi connectivity index (χ1) is 17.5. The summed E-state index contributed by atoms with van der Waals surface area (Å²) in [4.78, 5) is 20.1. The Morgan fingerprint density at radius 3 is 2.61 bits per heavy atom. The molecule has 6 nitrogen and oxygen atoms in total. The fraction of sp³-hybridized carbons (Fsp3) is 0.414. The minimum atomic E-state index is -0.582. The predicted molar refractivity (Wildman–Crippen MR) is 141 cm³/mol. The third kappa shape index (κ3) is 4.97. The van der Waals surface area contributed by atoms with E-state index >= 15 is 0 Å². The molecule has 1 aliphatic carbocycles. The maximum atomic E-state index is 13.1. The molecule has 2 unspecified atom stereocenters. The number of aromatic nitrogens is 1. The summed E-state index contributed by atoms with van der Waals surface area (Å²) < 4.78 is 0. The molecule has 2 aliphatic rings. The quantitative estimate of drug-likeness (QED) is 0.513. The number of likely N-dealkylation sites (tertiary alicyclic amines) is 1. The van der Waals surface area contributed by atoms with Crippen LogP contribution in [0.2, 0.25) is 5.02 Å². The van der Waals surface area contributed by atoms with Crippen molar-refractivity contribution in [2.45, 2.75) is 62.6 Å². The van der Waals surface area contributed by atoms with Crippen molar-refractivity contribution in [2.24, 2.45) is 0 Å². The summed E-state index contributed by atoms with van der Waals surface area (Å²) in [6.45, 7) is 2.18. The highest BCUT2D eigenvalue weighted by molar-refractivity contribution is 6.31. The molecule has 7 heteroatoms. The van der Waals surface area contributed by atoms with Crippen molar-refractivity contribution in [3.8, 4) is 6.07 Å². The van der Waals surface area contributed by atoms with Gasteiger partial charge in [0, 0.05) is 30.0 Å². The standard InChI is InChI=1S/C29H31ClN4O2/c30-23-9-3-2-8-22(23)29(19-31)13-15-34(16-14-29)18-20-17-26(32-24-10-4-1-7-21(20)24)28(36)33-25-11-5-6-12-27(25)35/h1-4,7-10,17,25,27,35H,5-6,11-16,18H2,(H,33,36). The number of nitrogens with one attached hydrogen (secondary N) is 1. The molecule has 186 valence electrons. The van der Waals surface area contributed by atoms with Gasteiger partial charge in [0.2, 0.25) is 0 Å². The van der Waals surface area contributed by atoms with Crippen molar-refractivity contribution < 1.29 is 9.90 Å². The van der Waals surface area contributed by atoms with Gasteiger partial charge < -0.3 is 10.4 Å². The van der Waals surface area contributed by atoms with Gasteiger partial charge >= 0.3 is 0 Å². The van der Waals surface area contributed by atoms with Crippen molar-refractivity contribution in [1.29, 1.82) is 5.26 Å². The first kappa shape index (κ1) is 24.7. The topological polar surface area (TPSA) is 89.2 Å². The molecule has 0 radical (unpaired) electrons. The lowest BCUT2D eigenvalue weighted by atomic mass is 9.74. The van der Waals surface area contributed by atoms with Gasteiger partial charge in [-0.25, -0.2) is 4.98 Å². The number of benzene rings is 2. The van der Waals surface area contributed by atoms with Crippen LogP contribution in [0.4, 0.5) is 0 Å². The van der Waals surface area contributed by atoms with Crippen molar-refractivity contribution >= 4 is 28.4 Å². The highest BCUT2D eigenvalue weighted by atomic mass is 35.5. The van der Waals surface area contributed by atoms with Gasteiger partial charge in [-0.3, -0.25) is 9.69 Å². The Hall–Kier alpha value is -2.98. The van der Waals surface area contributed by atoms with E-state index in [1.807, 2.05) is 54.6 Å². The lowest BCUT2D eigenvalue weighted by Gasteiger charge is -2.38. The van der Waals surface area contributed by atoms with E-state index in [0.29, 0.717) is 36.5 Å². The second-order valence-electron chi connectivity index (χ2n) is 10.1. The average molecular weight is 503 g/mol. The fourth-order valence-corrected chi connectivity index (χ4v) is 5.96. The Bertz CT molecular complexity index is 1300. The van der Waals surface area contributed by atoms with Crippen LogP contribution >= 0.6 is 11.6 Å². The monoisotopic (exact) mass is 502 g/mol. The second kappa shape index (κ2) is 10.6. The minimum Gasteiger partial charge on any atom is -0.391 e. The molecule has 3 aromatic rings. The van der Waals surface area contributed by atoms with Crippen LogP contribution in [0.25, 0.3) is 10.9 Å². The molecule has 2 heterocycles. The van der Waals surface area contributed by atoms with Crippen LogP contribution in [0.1, 0.15) is 60.1 Å². The van der Waals surface area contributed by atoms with E-state index < -0.39 is 11.5 Å². The number of fused-ring (bicyclic) bond motifs is 1. The van der Waals surface area contributed by atoms with Crippen LogP contribution in [-0.2, 0) is 12.0 Å². The molecule has 5 rings (SSSR count). The Balaban J connectivity index is 1.35. The number of carbonyl (C=O) groups excluding carboxylic acids is 1. The summed E-state index contributed by atoms with van der Waals surface area (Å²) in [5.41, 5.74) is 2.52. The number of nitriles is 1. The largest absolute Gasteiger partial charge is 0.391 e. The number of aliphatic hydroxyl groups is 1. The predicted octanol–water partition coefficient (Wildman–Crippen LogP) is 4.98. The van der Waals surface area contributed by atoms with E-state index in [1.54, 1.807) is 0 Å². The van der Waals surface area contributed by atoms with Crippen molar-refractivity contribution in [2.75, 3.05) is 13.1 Å². The average Bonchev–Trinajstić information content (AvgIpc) is 2.91. The molecular formula is C29H31ClN4O2. The molecule has 1 saturated heterocycles. The second-order valence-corrected chi connectivity index (χ2v) is 10.5. The van der Waals surface area contributed by atoms with E-state index in [2.05, 4.69) is 21.3 Å². The van der Waals surface area contributed by atoms with E-state index in [1.165, 1.54) is 0 Å². The number of aliphatic hydroxyl groups excluding tert-OH is 1. The molecule has 36 heavy (non-hydrogen) atoms. The lowest BCUT2D eigenvalue weighted by Crippen LogP contribution is -2.45. The SMILES string of the molecule is N#CC1(c2ccccc2Cl)CCN(Cc2cc(C(=O)NC3CCCCC3O)nc3ccccc23)CC1. The number of carbonyl (C=O) groups is 1. The fourth-order valence-electron chi connectivity index (χ4n) is 5.64. The zero-order chi connectivity index (χ0) is 25.1. The summed E-state index contributed by atoms with van der Waals surface area (Å²) in [6, 6.07) is 19.7. The number of hydrogen-bond acceptors (Lipinski definition) is 5. The molecule has 1 aliphatic heterocycles. The summed E-state index contributed by atoms with van der Waals surface area (Å²) in [5.74, 6) is -0.242. The zero-order valence-corrected chi connectivity index (χ0v) is 21.0. The number of amides is 1. The normalized spacial score (nSPS) is 22.1. The highest BCUT2D eigenvalue weighted by Gasteiger charge is 2.38. The van der Waals surface area contributed by atoms with E-state index in [-0.39, 0.29) is 11.9 Å². The number of halogens is 1. The van der Waals surface area contributed by atoms with E-state index in [0.717, 1.165) is 54.4 Å². The number of pyridine rings is 1. The molecule has 1 saturated carbocycles. The van der Waals surface area contributed by atoms with Crippen LogP contribution in [0, 0.1) is 11.3 Å². The molecule has 0 bridgehead atoms. The van der Waals surface area contributed by atoms with Crippen LogP contribution in [0.15, 0.2) is 54.6 Å². The van der Waals surface area contributed by atoms with Crippen LogP contribution in [-0.4, -0.2) is 46.1 Å². The molecule has 2 N–H and O–H groups in total. The maximum absolute atomic E-state index is 13.1. The molecule has 1 amide bonds. The van der Waals surface area contributed by atoms with Crippen LogP contribution in [0.5, 0.6) is 0 Å². The van der Waals surface area contributed by atoms with Gasteiger partial charge in [-0.2, -0.15) is 5.26 Å². The molecular weight excluding hydrogens is 472 g/mol. The van der Waals surface area contributed by atoms with Gasteiger partial charge in [0.05, 0.1) is 29.1 Å². The molecule has 2 aromatic carbocycles. The molecule has 2 atom stereocenters. The summed E-state index contributed by atoms with van der Waals surface area (Å²) in [5, 5.41) is 25.1. The summed E-state index contributed by atoms with van der Waals surface area (Å²) in [7, 11) is 0. The molecule has 2 fully saturated rings. The third-order valence-electron chi connectivity index (χ3n) is 7.79. The van der Waals surface area contributed by atoms with Gasteiger partial charge in [0.15, 0.2) is 0 Å². The van der Waals surface area contributed by atoms with Crippen LogP contribution in [0.3, 0.4) is 0 Å². The first-order valence-corrected chi connectivity index (χ1v) is 13.1. The number of rotatable bonds is 5. The van der Waals surface area contributed by atoms with Crippen molar-refractivity contribution in [3.05, 3.63) is 76.4 Å². The van der Waals surface area contributed by atoms with Gasteiger partial charge in [0.25, 0.3) is 5.91 Å². The lowest BCUT2D eigenvalue weighted by molar-refractivity contribution is 0.0714. The Labute approximate surface area is 216 Å². The molecule has 0 spiro atoms. The number of piperidine rings is 1. The Kier molecular flexibility index (Phi) is 7.25. The summed E-state index contributed by atoms with van der Waals surface area (Å²) >= 11 is 6.46. The van der Waals surface area contributed by atoms with Gasteiger partial charge in [0.1, 0.15) is 5.69 Å². The van der Waals surface area contributed by atoms with Crippen LogP contribution < -0.4 is 5.32 Å². The molecule has 1 aromatic heterocycles. The van der Waals surface area contributed by atoms with E-state index in [4.69, 9.17) is 11.6 Å². The first-order valence-electron chi connectivity index (χ1n) is 12.8. The smallest absolute Gasteiger partial charge is 0.270 e. The highest BCUT2D eigenvalue weighted by Crippen LogP contribution is 2.39. The number of nitrogens with zero attached hydrogens (tertiary/aromatic N) is 3. The minimum absolute atomic E-state index is 0.228. The zero-order valence-electron chi connectivity index (χ0n) is 20.3. The number of para-hydroxylation sites is 1. The maximum Gasteiger partial charge on any atom is 0.270 e. The van der Waals surface area contributed by atoms with E-state index in [9.17, 15) is 15.2 Å². The number of hydrogen-bond donors (Lipinski definition) is 2. The van der Waals surface area contributed by atoms with Gasteiger partial charge in [-0.15, -0.1) is 0 Å². The Morgan fingerprint density at radius 2 is 1.86 bits per heavy atom. The van der Waals surface area contributed by atoms with Crippen molar-refractivity contribution in [1.82, 2.24) is 15.2 Å².